The molecular formula is C18H19F2NO2. The maximum Gasteiger partial charge on any atom is 0.123 e. The smallest absolute Gasteiger partial charge is 0.123 e. The van der Waals surface area contributed by atoms with Gasteiger partial charge in [0.25, 0.3) is 0 Å². The molecule has 0 fully saturated rings. The molecule has 0 radical (unpaired) electrons. The third kappa shape index (κ3) is 4.06. The highest BCUT2D eigenvalue weighted by Gasteiger charge is 2.23. The number of aryl methyl sites for hydroxylation is 1. The van der Waals surface area contributed by atoms with E-state index < -0.39 is 6.10 Å². The SMILES string of the molecule is OC(CNC1CCc2ccc(F)cc21)COc1ccc(F)cc1. The molecular weight excluding hydrogens is 300 g/mol. The Hall–Kier alpha value is -1.98. The van der Waals surface area contributed by atoms with Gasteiger partial charge in [-0.1, -0.05) is 6.07 Å². The summed E-state index contributed by atoms with van der Waals surface area (Å²) < 4.78 is 31.5. The third-order valence-electron chi connectivity index (χ3n) is 4.04. The Morgan fingerprint density at radius 1 is 1.13 bits per heavy atom. The summed E-state index contributed by atoms with van der Waals surface area (Å²) in [5.41, 5.74) is 2.12. The second-order valence-electron chi connectivity index (χ2n) is 5.76. The molecule has 2 N–H and O–H groups in total. The zero-order valence-corrected chi connectivity index (χ0v) is 12.6. The second-order valence-corrected chi connectivity index (χ2v) is 5.76. The van der Waals surface area contributed by atoms with Gasteiger partial charge in [-0.25, -0.2) is 8.78 Å². The van der Waals surface area contributed by atoms with Gasteiger partial charge in [-0.2, -0.15) is 0 Å². The van der Waals surface area contributed by atoms with Gasteiger partial charge in [0.15, 0.2) is 0 Å². The molecule has 122 valence electrons. The van der Waals surface area contributed by atoms with E-state index >= 15 is 0 Å². The Bertz CT molecular complexity index is 661. The normalized spacial score (nSPS) is 17.8. The number of ether oxygens (including phenoxy) is 1. The van der Waals surface area contributed by atoms with E-state index in [1.54, 1.807) is 6.07 Å². The number of benzene rings is 2. The summed E-state index contributed by atoms with van der Waals surface area (Å²) >= 11 is 0. The van der Waals surface area contributed by atoms with Crippen molar-refractivity contribution in [3.63, 3.8) is 0 Å². The Morgan fingerprint density at radius 2 is 1.87 bits per heavy atom. The molecule has 0 bridgehead atoms. The van der Waals surface area contributed by atoms with E-state index in [1.165, 1.54) is 30.3 Å². The van der Waals surface area contributed by atoms with Crippen LogP contribution in [0.15, 0.2) is 42.5 Å². The molecule has 23 heavy (non-hydrogen) atoms. The molecule has 0 saturated carbocycles. The van der Waals surface area contributed by atoms with Crippen molar-refractivity contribution >= 4 is 0 Å². The van der Waals surface area contributed by atoms with Crippen LogP contribution in [0.3, 0.4) is 0 Å². The van der Waals surface area contributed by atoms with E-state index in [0.29, 0.717) is 12.3 Å². The van der Waals surface area contributed by atoms with Crippen molar-refractivity contribution in [1.29, 1.82) is 0 Å². The molecule has 0 saturated heterocycles. The fraction of sp³-hybridized carbons (Fsp3) is 0.333. The monoisotopic (exact) mass is 319 g/mol. The molecule has 0 heterocycles. The summed E-state index contributed by atoms with van der Waals surface area (Å²) in [5.74, 6) is -0.0527. The Balaban J connectivity index is 1.47. The summed E-state index contributed by atoms with van der Waals surface area (Å²) in [6.07, 6.45) is 1.11. The van der Waals surface area contributed by atoms with E-state index in [-0.39, 0.29) is 24.3 Å². The Labute approximate surface area is 133 Å². The van der Waals surface area contributed by atoms with Gasteiger partial charge < -0.3 is 15.2 Å². The van der Waals surface area contributed by atoms with Crippen LogP contribution in [0.1, 0.15) is 23.6 Å². The predicted molar refractivity (Wildman–Crippen MR) is 83.4 cm³/mol. The maximum absolute atomic E-state index is 13.3. The minimum atomic E-state index is -0.697. The lowest BCUT2D eigenvalue weighted by atomic mass is 10.1. The molecule has 0 aromatic heterocycles. The van der Waals surface area contributed by atoms with Crippen molar-refractivity contribution in [2.24, 2.45) is 0 Å². The molecule has 2 aromatic carbocycles. The fourth-order valence-electron chi connectivity index (χ4n) is 2.85. The van der Waals surface area contributed by atoms with Gasteiger partial charge in [-0.15, -0.1) is 0 Å². The quantitative estimate of drug-likeness (QED) is 0.860. The Kier molecular flexibility index (Phi) is 4.88. The highest BCUT2D eigenvalue weighted by Crippen LogP contribution is 2.31. The van der Waals surface area contributed by atoms with Crippen molar-refractivity contribution in [2.45, 2.75) is 25.0 Å². The average molecular weight is 319 g/mol. The standard InChI is InChI=1S/C18H19F2NO2/c19-13-4-6-16(7-5-13)23-11-15(22)10-21-18-8-2-12-1-3-14(20)9-17(12)18/h1,3-7,9,15,18,21-22H,2,8,10-11H2. The lowest BCUT2D eigenvalue weighted by molar-refractivity contribution is 0.103. The van der Waals surface area contributed by atoms with Crippen LogP contribution in [0.5, 0.6) is 5.75 Å². The molecule has 0 amide bonds. The highest BCUT2D eigenvalue weighted by atomic mass is 19.1. The number of aliphatic hydroxyl groups excluding tert-OH is 1. The number of rotatable bonds is 6. The minimum absolute atomic E-state index is 0.0566. The van der Waals surface area contributed by atoms with Crippen molar-refractivity contribution in [2.75, 3.05) is 13.2 Å². The molecule has 2 aromatic rings. The minimum Gasteiger partial charge on any atom is -0.491 e. The number of hydrogen-bond donors (Lipinski definition) is 2. The molecule has 2 atom stereocenters. The number of halogens is 2. The van der Waals surface area contributed by atoms with Crippen LogP contribution in [-0.4, -0.2) is 24.4 Å². The Morgan fingerprint density at radius 3 is 2.65 bits per heavy atom. The lowest BCUT2D eigenvalue weighted by Gasteiger charge is -2.18. The molecule has 5 heteroatoms. The topological polar surface area (TPSA) is 41.5 Å². The van der Waals surface area contributed by atoms with Crippen molar-refractivity contribution in [3.8, 4) is 5.75 Å². The van der Waals surface area contributed by atoms with Crippen molar-refractivity contribution in [1.82, 2.24) is 5.32 Å². The van der Waals surface area contributed by atoms with Gasteiger partial charge in [0.1, 0.15) is 30.1 Å². The molecule has 1 aliphatic carbocycles. The molecule has 2 unspecified atom stereocenters. The van der Waals surface area contributed by atoms with Gasteiger partial charge in [0.2, 0.25) is 0 Å². The first-order chi connectivity index (χ1) is 11.1. The molecule has 3 nitrogen and oxygen atoms in total. The van der Waals surface area contributed by atoms with Gasteiger partial charge in [-0.3, -0.25) is 0 Å². The van der Waals surface area contributed by atoms with E-state index in [2.05, 4.69) is 5.32 Å². The van der Waals surface area contributed by atoms with Crippen LogP contribution in [-0.2, 0) is 6.42 Å². The number of hydrogen-bond acceptors (Lipinski definition) is 3. The fourth-order valence-corrected chi connectivity index (χ4v) is 2.85. The van der Waals surface area contributed by atoms with E-state index in [0.717, 1.165) is 24.0 Å². The summed E-state index contributed by atoms with van der Waals surface area (Å²) in [6.45, 7) is 0.461. The van der Waals surface area contributed by atoms with Crippen molar-refractivity contribution < 1.29 is 18.6 Å². The maximum atomic E-state index is 13.3. The van der Waals surface area contributed by atoms with Crippen LogP contribution < -0.4 is 10.1 Å². The number of nitrogens with one attached hydrogen (secondary N) is 1. The molecule has 0 aliphatic heterocycles. The summed E-state index contributed by atoms with van der Waals surface area (Å²) in [7, 11) is 0. The highest BCUT2D eigenvalue weighted by molar-refractivity contribution is 5.35. The van der Waals surface area contributed by atoms with Crippen LogP contribution in [0.4, 0.5) is 8.78 Å². The first kappa shape index (κ1) is 15.9. The molecule has 0 spiro atoms. The van der Waals surface area contributed by atoms with Crippen molar-refractivity contribution in [3.05, 3.63) is 65.2 Å². The van der Waals surface area contributed by atoms with Gasteiger partial charge in [-0.05, 0) is 60.4 Å². The first-order valence-corrected chi connectivity index (χ1v) is 7.70. The van der Waals surface area contributed by atoms with E-state index in [4.69, 9.17) is 4.74 Å². The summed E-state index contributed by atoms with van der Waals surface area (Å²) in [6, 6.07) is 10.6. The molecule has 1 aliphatic rings. The van der Waals surface area contributed by atoms with E-state index in [9.17, 15) is 13.9 Å². The first-order valence-electron chi connectivity index (χ1n) is 7.70. The van der Waals surface area contributed by atoms with Crippen LogP contribution in [0, 0.1) is 11.6 Å². The predicted octanol–water partition coefficient (Wildman–Crippen LogP) is 2.98. The van der Waals surface area contributed by atoms with Gasteiger partial charge >= 0.3 is 0 Å². The summed E-state index contributed by atoms with van der Waals surface area (Å²) in [5, 5.41) is 13.2. The van der Waals surface area contributed by atoms with Crippen LogP contribution in [0.25, 0.3) is 0 Å². The van der Waals surface area contributed by atoms with Gasteiger partial charge in [0.05, 0.1) is 0 Å². The third-order valence-corrected chi connectivity index (χ3v) is 4.04. The second kappa shape index (κ2) is 7.06. The average Bonchev–Trinajstić information content (AvgIpc) is 2.94. The van der Waals surface area contributed by atoms with Crippen LogP contribution in [0.2, 0.25) is 0 Å². The summed E-state index contributed by atoms with van der Waals surface area (Å²) in [4.78, 5) is 0. The number of fused-ring (bicyclic) bond motifs is 1. The van der Waals surface area contributed by atoms with E-state index in [1.807, 2.05) is 6.07 Å². The van der Waals surface area contributed by atoms with Gasteiger partial charge in [0, 0.05) is 12.6 Å². The lowest BCUT2D eigenvalue weighted by Crippen LogP contribution is -2.33. The largest absolute Gasteiger partial charge is 0.491 e. The van der Waals surface area contributed by atoms with Crippen LogP contribution >= 0.6 is 0 Å². The number of aliphatic hydroxyl groups is 1. The zero-order chi connectivity index (χ0) is 16.2. The zero-order valence-electron chi connectivity index (χ0n) is 12.6. The molecule has 3 rings (SSSR count).